The number of hydrogen-bond acceptors (Lipinski definition) is 1. The average Bonchev–Trinajstić information content (AvgIpc) is 2.16. The lowest BCUT2D eigenvalue weighted by Crippen LogP contribution is -3.14. The van der Waals surface area contributed by atoms with Crippen molar-refractivity contribution < 1.29 is 9.64 Å². The van der Waals surface area contributed by atoms with Crippen LogP contribution < -0.4 is 4.90 Å². The number of quaternary nitrogens is 1. The van der Waals surface area contributed by atoms with Gasteiger partial charge in [-0.05, 0) is 25.7 Å². The minimum atomic E-state index is 0.496. The molecule has 1 aliphatic rings. The predicted molar refractivity (Wildman–Crippen MR) is 55.0 cm³/mol. The molecule has 1 saturated carbocycles. The first-order chi connectivity index (χ1) is 6.19. The van der Waals surface area contributed by atoms with Crippen molar-refractivity contribution in [1.82, 2.24) is 0 Å². The predicted octanol–water partition coefficient (Wildman–Crippen LogP) is 0.725. The number of rotatable bonds is 3. The van der Waals surface area contributed by atoms with Gasteiger partial charge in [-0.1, -0.05) is 6.92 Å². The van der Waals surface area contributed by atoms with Gasteiger partial charge >= 0.3 is 0 Å². The average molecular weight is 186 g/mol. The zero-order valence-corrected chi connectivity index (χ0v) is 9.47. The molecule has 0 radical (unpaired) electrons. The third kappa shape index (κ3) is 2.68. The Morgan fingerprint density at radius 1 is 1.38 bits per heavy atom. The highest BCUT2D eigenvalue weighted by Crippen LogP contribution is 2.24. The van der Waals surface area contributed by atoms with E-state index in [1.807, 2.05) is 7.11 Å². The van der Waals surface area contributed by atoms with Crippen molar-refractivity contribution in [2.24, 2.45) is 5.92 Å². The third-order valence-electron chi connectivity index (χ3n) is 3.54. The van der Waals surface area contributed by atoms with Gasteiger partial charge in [0.15, 0.2) is 0 Å². The molecule has 1 aliphatic carbocycles. The van der Waals surface area contributed by atoms with Gasteiger partial charge in [0, 0.05) is 13.5 Å². The molecule has 13 heavy (non-hydrogen) atoms. The highest BCUT2D eigenvalue weighted by Gasteiger charge is 2.33. The summed E-state index contributed by atoms with van der Waals surface area (Å²) in [6.07, 6.45) is 4.42. The molecule has 0 aromatic heterocycles. The molecule has 0 heterocycles. The summed E-state index contributed by atoms with van der Waals surface area (Å²) in [6.45, 7) is 5.82. The summed E-state index contributed by atoms with van der Waals surface area (Å²) < 4.78 is 5.55. The molecule has 78 valence electrons. The van der Waals surface area contributed by atoms with Crippen LogP contribution in [0.2, 0.25) is 0 Å². The van der Waals surface area contributed by atoms with E-state index in [2.05, 4.69) is 20.9 Å². The topological polar surface area (TPSA) is 13.7 Å². The van der Waals surface area contributed by atoms with E-state index in [4.69, 9.17) is 4.74 Å². The largest absolute Gasteiger partial charge is 0.375 e. The van der Waals surface area contributed by atoms with E-state index in [0.29, 0.717) is 6.10 Å². The molecule has 0 bridgehead atoms. The van der Waals surface area contributed by atoms with E-state index in [9.17, 15) is 0 Å². The highest BCUT2D eigenvalue weighted by atomic mass is 16.5. The van der Waals surface area contributed by atoms with Gasteiger partial charge in [-0.2, -0.15) is 0 Å². The summed E-state index contributed by atoms with van der Waals surface area (Å²) in [5.41, 5.74) is 0. The molecule has 1 unspecified atom stereocenters. The zero-order valence-electron chi connectivity index (χ0n) is 9.47. The number of nitrogens with one attached hydrogen (secondary N) is 1. The molecular formula is C11H24NO+. The Morgan fingerprint density at radius 3 is 2.62 bits per heavy atom. The van der Waals surface area contributed by atoms with Crippen LogP contribution in [0.5, 0.6) is 0 Å². The van der Waals surface area contributed by atoms with Crippen molar-refractivity contribution in [2.75, 3.05) is 20.7 Å². The quantitative estimate of drug-likeness (QED) is 0.686. The second kappa shape index (κ2) is 4.97. The van der Waals surface area contributed by atoms with Crippen LogP contribution in [-0.2, 0) is 4.74 Å². The number of ether oxygens (including phenoxy) is 1. The van der Waals surface area contributed by atoms with E-state index >= 15 is 0 Å². The van der Waals surface area contributed by atoms with Gasteiger partial charge in [-0.15, -0.1) is 0 Å². The first kappa shape index (κ1) is 11.0. The van der Waals surface area contributed by atoms with Gasteiger partial charge < -0.3 is 9.64 Å². The van der Waals surface area contributed by atoms with Crippen LogP contribution in [0.3, 0.4) is 0 Å². The SMILES string of the molecule is CC[NH+](C)[C@@H]1C[C@H](C)CC[C@@H]1OC. The van der Waals surface area contributed by atoms with E-state index in [1.54, 1.807) is 4.90 Å². The fraction of sp³-hybridized carbons (Fsp3) is 1.00. The standard InChI is InChI=1S/C11H23NO/c1-5-12(3)10-8-9(2)6-7-11(10)13-4/h9-11H,5-8H2,1-4H3/p+1/t9-,10-,11+/m1/s1. The van der Waals surface area contributed by atoms with Crippen LogP contribution in [0.15, 0.2) is 0 Å². The van der Waals surface area contributed by atoms with Gasteiger partial charge in [0.2, 0.25) is 0 Å². The molecule has 1 rings (SSSR count). The second-order valence-corrected chi connectivity index (χ2v) is 4.50. The van der Waals surface area contributed by atoms with Gasteiger partial charge in [0.25, 0.3) is 0 Å². The molecule has 0 aromatic rings. The van der Waals surface area contributed by atoms with Gasteiger partial charge in [-0.3, -0.25) is 0 Å². The number of likely N-dealkylation sites (N-methyl/N-ethyl adjacent to an activating group) is 1. The molecule has 0 spiro atoms. The summed E-state index contributed by atoms with van der Waals surface area (Å²) in [5, 5.41) is 0. The van der Waals surface area contributed by atoms with Gasteiger partial charge in [0.05, 0.1) is 13.6 Å². The zero-order chi connectivity index (χ0) is 9.84. The van der Waals surface area contributed by atoms with Crippen molar-refractivity contribution in [3.63, 3.8) is 0 Å². The minimum Gasteiger partial charge on any atom is -0.375 e. The molecule has 1 N–H and O–H groups in total. The van der Waals surface area contributed by atoms with E-state index in [1.165, 1.54) is 25.8 Å². The van der Waals surface area contributed by atoms with Crippen molar-refractivity contribution in [1.29, 1.82) is 0 Å². The van der Waals surface area contributed by atoms with Crippen molar-refractivity contribution in [2.45, 2.75) is 45.3 Å². The Bertz CT molecular complexity index is 149. The Morgan fingerprint density at radius 2 is 2.08 bits per heavy atom. The lowest BCUT2D eigenvalue weighted by atomic mass is 9.84. The van der Waals surface area contributed by atoms with E-state index < -0.39 is 0 Å². The van der Waals surface area contributed by atoms with E-state index in [0.717, 1.165) is 12.0 Å². The molecule has 4 atom stereocenters. The molecule has 0 saturated heterocycles. The van der Waals surface area contributed by atoms with Crippen molar-refractivity contribution >= 4 is 0 Å². The summed E-state index contributed by atoms with van der Waals surface area (Å²) in [4.78, 5) is 1.62. The Hall–Kier alpha value is -0.0800. The lowest BCUT2D eigenvalue weighted by molar-refractivity contribution is -0.909. The summed E-state index contributed by atoms with van der Waals surface area (Å²) in [7, 11) is 4.14. The summed E-state index contributed by atoms with van der Waals surface area (Å²) in [5.74, 6) is 0.887. The monoisotopic (exact) mass is 186 g/mol. The van der Waals surface area contributed by atoms with Crippen LogP contribution in [0.4, 0.5) is 0 Å². The minimum absolute atomic E-state index is 0.496. The Kier molecular flexibility index (Phi) is 4.20. The molecule has 0 aliphatic heterocycles. The Balaban J connectivity index is 2.54. The maximum atomic E-state index is 5.55. The maximum Gasteiger partial charge on any atom is 0.114 e. The normalized spacial score (nSPS) is 37.4. The molecule has 0 amide bonds. The maximum absolute atomic E-state index is 5.55. The van der Waals surface area contributed by atoms with Crippen molar-refractivity contribution in [3.05, 3.63) is 0 Å². The summed E-state index contributed by atoms with van der Waals surface area (Å²) >= 11 is 0. The van der Waals surface area contributed by atoms with Crippen LogP contribution in [0.1, 0.15) is 33.1 Å². The first-order valence-corrected chi connectivity index (χ1v) is 5.54. The van der Waals surface area contributed by atoms with Crippen LogP contribution in [-0.4, -0.2) is 32.8 Å². The molecule has 0 aromatic carbocycles. The van der Waals surface area contributed by atoms with Gasteiger partial charge in [-0.25, -0.2) is 0 Å². The van der Waals surface area contributed by atoms with Crippen LogP contribution in [0, 0.1) is 5.92 Å². The molecule has 2 heteroatoms. The van der Waals surface area contributed by atoms with Crippen molar-refractivity contribution in [3.8, 4) is 0 Å². The smallest absolute Gasteiger partial charge is 0.114 e. The molecular weight excluding hydrogens is 162 g/mol. The third-order valence-corrected chi connectivity index (χ3v) is 3.54. The Labute approximate surface area is 82.3 Å². The van der Waals surface area contributed by atoms with E-state index in [-0.39, 0.29) is 0 Å². The van der Waals surface area contributed by atoms with Gasteiger partial charge in [0.1, 0.15) is 12.1 Å². The molecule has 1 fully saturated rings. The summed E-state index contributed by atoms with van der Waals surface area (Å²) in [6, 6.07) is 0.721. The van der Waals surface area contributed by atoms with Crippen LogP contribution >= 0.6 is 0 Å². The second-order valence-electron chi connectivity index (χ2n) is 4.50. The first-order valence-electron chi connectivity index (χ1n) is 5.54. The highest BCUT2D eigenvalue weighted by molar-refractivity contribution is 4.78. The fourth-order valence-electron chi connectivity index (χ4n) is 2.42. The number of hydrogen-bond donors (Lipinski definition) is 1. The lowest BCUT2D eigenvalue weighted by Gasteiger charge is -2.36. The fourth-order valence-corrected chi connectivity index (χ4v) is 2.42. The number of methoxy groups -OCH3 is 1. The molecule has 2 nitrogen and oxygen atoms in total. The van der Waals surface area contributed by atoms with Crippen LogP contribution in [0.25, 0.3) is 0 Å².